The van der Waals surface area contributed by atoms with Gasteiger partial charge in [0.05, 0.1) is 13.2 Å². The van der Waals surface area contributed by atoms with Crippen molar-refractivity contribution in [1.82, 2.24) is 0 Å². The first-order valence-corrected chi connectivity index (χ1v) is 6.39. The van der Waals surface area contributed by atoms with E-state index in [1.54, 1.807) is 12.5 Å². The summed E-state index contributed by atoms with van der Waals surface area (Å²) in [4.78, 5) is 15.5. The van der Waals surface area contributed by atoms with Crippen molar-refractivity contribution in [1.29, 1.82) is 0 Å². The molecule has 0 spiro atoms. The van der Waals surface area contributed by atoms with Crippen LogP contribution in [0.25, 0.3) is 0 Å². The van der Waals surface area contributed by atoms with Gasteiger partial charge in [-0.25, -0.2) is 9.48 Å². The zero-order valence-corrected chi connectivity index (χ0v) is 10.9. The first kappa shape index (κ1) is 13.9. The normalized spacial score (nSPS) is 22.0. The van der Waals surface area contributed by atoms with Gasteiger partial charge in [-0.1, -0.05) is 32.6 Å². The van der Waals surface area contributed by atoms with Gasteiger partial charge in [0.2, 0.25) is 6.73 Å². The number of nitrogens with zero attached hydrogens (tertiary/aromatic N) is 2. The lowest BCUT2D eigenvalue weighted by Gasteiger charge is -2.20. The molecule has 1 atom stereocenters. The van der Waals surface area contributed by atoms with Crippen LogP contribution in [-0.4, -0.2) is 30.6 Å². The molecule has 17 heavy (non-hydrogen) atoms. The monoisotopic (exact) mass is 239 g/mol. The van der Waals surface area contributed by atoms with Crippen LogP contribution in [0.15, 0.2) is 17.4 Å². The number of ether oxygens (including phenoxy) is 1. The number of unbranched alkanes of at least 4 members (excludes halogenated alkanes) is 4. The largest absolute Gasteiger partial charge is 0.414 e. The predicted octanol–water partition coefficient (Wildman–Crippen LogP) is 2.81. The maximum Gasteiger partial charge on any atom is 0.310 e. The third-order valence-electron chi connectivity index (χ3n) is 2.81. The molecule has 0 fully saturated rings. The van der Waals surface area contributed by atoms with Gasteiger partial charge in [0.25, 0.3) is 0 Å². The Bertz CT molecular complexity index is 286. The number of esters is 1. The number of quaternary nitrogens is 1. The van der Waals surface area contributed by atoms with Gasteiger partial charge >= 0.3 is 5.97 Å². The van der Waals surface area contributed by atoms with Crippen molar-refractivity contribution in [3.63, 3.8) is 0 Å². The van der Waals surface area contributed by atoms with E-state index in [9.17, 15) is 4.79 Å². The smallest absolute Gasteiger partial charge is 0.310 e. The van der Waals surface area contributed by atoms with Crippen LogP contribution in [0.5, 0.6) is 0 Å². The van der Waals surface area contributed by atoms with Crippen LogP contribution in [0, 0.1) is 0 Å². The second-order valence-corrected chi connectivity index (χ2v) is 4.72. The minimum atomic E-state index is -0.102. The molecule has 4 nitrogen and oxygen atoms in total. The van der Waals surface area contributed by atoms with E-state index >= 15 is 0 Å². The molecule has 96 valence electrons. The van der Waals surface area contributed by atoms with Crippen molar-refractivity contribution in [3.8, 4) is 0 Å². The molecular formula is C13H23N2O2+. The Morgan fingerprint density at radius 1 is 1.29 bits per heavy atom. The standard InChI is InChI=1S/C13H23N2O2/c1-3-4-5-6-7-8-13(16)17-12-15(2)10-9-14-11-15/h9-11H,3-8,12H2,1-2H3/q+1. The molecule has 0 aliphatic carbocycles. The highest BCUT2D eigenvalue weighted by atomic mass is 16.5. The summed E-state index contributed by atoms with van der Waals surface area (Å²) in [5.41, 5.74) is 0. The predicted molar refractivity (Wildman–Crippen MR) is 68.2 cm³/mol. The number of hydrogen-bond acceptors (Lipinski definition) is 3. The van der Waals surface area contributed by atoms with Crippen LogP contribution < -0.4 is 0 Å². The highest BCUT2D eigenvalue weighted by Gasteiger charge is 2.21. The third-order valence-corrected chi connectivity index (χ3v) is 2.81. The summed E-state index contributed by atoms with van der Waals surface area (Å²) in [6, 6.07) is 0. The molecule has 0 aromatic rings. The van der Waals surface area contributed by atoms with E-state index in [0.29, 0.717) is 17.6 Å². The van der Waals surface area contributed by atoms with Crippen molar-refractivity contribution >= 4 is 12.3 Å². The number of carbonyl (C=O) groups excluding carboxylic acids is 1. The second kappa shape index (κ2) is 7.22. The van der Waals surface area contributed by atoms with E-state index in [1.807, 2.05) is 13.2 Å². The lowest BCUT2D eigenvalue weighted by Crippen LogP contribution is -2.38. The Morgan fingerprint density at radius 3 is 2.71 bits per heavy atom. The molecule has 0 saturated heterocycles. The Labute approximate surface area is 104 Å². The Hall–Kier alpha value is -1.16. The minimum absolute atomic E-state index is 0.102. The zero-order chi connectivity index (χ0) is 12.6. The average molecular weight is 239 g/mol. The van der Waals surface area contributed by atoms with Crippen LogP contribution >= 0.6 is 0 Å². The molecule has 0 aromatic heterocycles. The number of hydrogen-bond donors (Lipinski definition) is 0. The molecule has 0 N–H and O–H groups in total. The van der Waals surface area contributed by atoms with Crippen LogP contribution in [0.2, 0.25) is 0 Å². The van der Waals surface area contributed by atoms with Gasteiger partial charge in [-0.05, 0) is 6.42 Å². The highest BCUT2D eigenvalue weighted by molar-refractivity contribution is 5.69. The van der Waals surface area contributed by atoms with Crippen molar-refractivity contribution in [3.05, 3.63) is 12.4 Å². The molecular weight excluding hydrogens is 216 g/mol. The molecule has 0 bridgehead atoms. The van der Waals surface area contributed by atoms with Crippen LogP contribution in [0.4, 0.5) is 0 Å². The molecule has 1 rings (SSSR count). The van der Waals surface area contributed by atoms with Gasteiger partial charge in [-0.3, -0.25) is 4.79 Å². The van der Waals surface area contributed by atoms with Gasteiger partial charge in [0.15, 0.2) is 6.34 Å². The van der Waals surface area contributed by atoms with E-state index in [4.69, 9.17) is 4.74 Å². The minimum Gasteiger partial charge on any atom is -0.414 e. The maximum atomic E-state index is 11.5. The molecule has 1 unspecified atom stereocenters. The van der Waals surface area contributed by atoms with Crippen LogP contribution in [0.3, 0.4) is 0 Å². The molecule has 1 aliphatic heterocycles. The number of aliphatic imine (C=N–C) groups is 1. The number of carbonyl (C=O) groups is 1. The Kier molecular flexibility index (Phi) is 5.91. The summed E-state index contributed by atoms with van der Waals surface area (Å²) in [6.07, 6.45) is 11.7. The first-order chi connectivity index (χ1) is 8.16. The lowest BCUT2D eigenvalue weighted by molar-refractivity contribution is -0.778. The topological polar surface area (TPSA) is 38.7 Å². The van der Waals surface area contributed by atoms with E-state index in [1.165, 1.54) is 19.3 Å². The fourth-order valence-corrected chi connectivity index (χ4v) is 1.65. The Morgan fingerprint density at radius 2 is 2.06 bits per heavy atom. The van der Waals surface area contributed by atoms with Gasteiger partial charge in [-0.15, -0.1) is 0 Å². The quantitative estimate of drug-likeness (QED) is 0.371. The average Bonchev–Trinajstić information content (AvgIpc) is 2.74. The van der Waals surface area contributed by atoms with Crippen LogP contribution in [0.1, 0.15) is 45.4 Å². The second-order valence-electron chi connectivity index (χ2n) is 4.72. The van der Waals surface area contributed by atoms with Gasteiger partial charge in [-0.2, -0.15) is 0 Å². The molecule has 0 aromatic carbocycles. The fourth-order valence-electron chi connectivity index (χ4n) is 1.65. The van der Waals surface area contributed by atoms with Gasteiger partial charge < -0.3 is 4.74 Å². The number of rotatable bonds is 8. The van der Waals surface area contributed by atoms with E-state index in [0.717, 1.165) is 12.8 Å². The van der Waals surface area contributed by atoms with Gasteiger partial charge in [0, 0.05) is 6.42 Å². The van der Waals surface area contributed by atoms with E-state index < -0.39 is 0 Å². The zero-order valence-electron chi connectivity index (χ0n) is 10.9. The summed E-state index contributed by atoms with van der Waals surface area (Å²) in [7, 11) is 1.95. The molecule has 1 aliphatic rings. The molecule has 0 radical (unpaired) electrons. The summed E-state index contributed by atoms with van der Waals surface area (Å²) in [6.45, 7) is 2.53. The summed E-state index contributed by atoms with van der Waals surface area (Å²) < 4.78 is 5.67. The maximum absolute atomic E-state index is 11.5. The summed E-state index contributed by atoms with van der Waals surface area (Å²) in [5, 5.41) is 0. The summed E-state index contributed by atoms with van der Waals surface area (Å²) >= 11 is 0. The van der Waals surface area contributed by atoms with E-state index in [-0.39, 0.29) is 5.97 Å². The summed E-state index contributed by atoms with van der Waals surface area (Å²) in [5.74, 6) is -0.102. The molecule has 1 heterocycles. The van der Waals surface area contributed by atoms with Crippen molar-refractivity contribution in [2.75, 3.05) is 13.8 Å². The SMILES string of the molecule is CCCCCCCC(=O)OC[N+]1(C)C=CN=C1. The van der Waals surface area contributed by atoms with Gasteiger partial charge in [0.1, 0.15) is 6.20 Å². The molecule has 0 saturated carbocycles. The molecule has 4 heteroatoms. The van der Waals surface area contributed by atoms with Crippen LogP contribution in [-0.2, 0) is 9.53 Å². The van der Waals surface area contributed by atoms with E-state index in [2.05, 4.69) is 11.9 Å². The van der Waals surface area contributed by atoms with Crippen molar-refractivity contribution < 1.29 is 14.0 Å². The first-order valence-electron chi connectivity index (χ1n) is 6.39. The molecule has 0 amide bonds. The van der Waals surface area contributed by atoms with Crippen molar-refractivity contribution in [2.45, 2.75) is 45.4 Å². The third kappa shape index (κ3) is 5.63. The Balaban J connectivity index is 2.05. The highest BCUT2D eigenvalue weighted by Crippen LogP contribution is 2.09. The lowest BCUT2D eigenvalue weighted by atomic mass is 10.1. The van der Waals surface area contributed by atoms with Crippen molar-refractivity contribution in [2.24, 2.45) is 4.99 Å². The fraction of sp³-hybridized carbons (Fsp3) is 0.692.